The third-order valence-electron chi connectivity index (χ3n) is 4.30. The molecule has 0 aromatic carbocycles. The van der Waals surface area contributed by atoms with Crippen LogP contribution in [-0.4, -0.2) is 38.7 Å². The molecule has 7 nitrogen and oxygen atoms in total. The first-order chi connectivity index (χ1) is 10.2. The molecule has 1 spiro atoms. The highest BCUT2D eigenvalue weighted by Gasteiger charge is 2.41. The standard InChI is InChI=1S/C13H16BrN5O2/c14-10-9-7-16-12(15)17-11(9)19(18-10)8-1-3-13(4-2-8)20-5-6-21-13/h7-8H,1-6H2,(H2,15,16,17). The van der Waals surface area contributed by atoms with Gasteiger partial charge in [0.15, 0.2) is 11.4 Å². The number of rotatable bonds is 1. The van der Waals surface area contributed by atoms with Gasteiger partial charge in [-0.2, -0.15) is 10.1 Å². The molecule has 2 fully saturated rings. The van der Waals surface area contributed by atoms with Crippen molar-refractivity contribution in [2.75, 3.05) is 18.9 Å². The summed E-state index contributed by atoms with van der Waals surface area (Å²) in [6.07, 6.45) is 5.38. The van der Waals surface area contributed by atoms with Gasteiger partial charge in [0.25, 0.3) is 0 Å². The van der Waals surface area contributed by atoms with Crippen molar-refractivity contribution in [3.63, 3.8) is 0 Å². The molecule has 2 aromatic rings. The molecule has 1 saturated heterocycles. The number of nitrogens with zero attached hydrogens (tertiary/aromatic N) is 4. The Kier molecular flexibility index (Phi) is 3.13. The van der Waals surface area contributed by atoms with Gasteiger partial charge in [-0.1, -0.05) is 0 Å². The van der Waals surface area contributed by atoms with E-state index in [1.165, 1.54) is 0 Å². The van der Waals surface area contributed by atoms with Gasteiger partial charge in [-0.3, -0.25) is 0 Å². The lowest BCUT2D eigenvalue weighted by molar-refractivity contribution is -0.181. The van der Waals surface area contributed by atoms with Gasteiger partial charge in [-0.05, 0) is 28.8 Å². The van der Waals surface area contributed by atoms with E-state index in [0.717, 1.165) is 41.3 Å². The molecule has 2 aromatic heterocycles. The molecule has 1 aliphatic heterocycles. The van der Waals surface area contributed by atoms with Crippen LogP contribution in [0.3, 0.4) is 0 Å². The molecule has 1 saturated carbocycles. The van der Waals surface area contributed by atoms with Gasteiger partial charge in [-0.15, -0.1) is 0 Å². The van der Waals surface area contributed by atoms with Gasteiger partial charge in [-0.25, -0.2) is 9.67 Å². The zero-order valence-corrected chi connectivity index (χ0v) is 13.0. The topological polar surface area (TPSA) is 88.1 Å². The molecule has 8 heteroatoms. The monoisotopic (exact) mass is 353 g/mol. The lowest BCUT2D eigenvalue weighted by Crippen LogP contribution is -2.36. The summed E-state index contributed by atoms with van der Waals surface area (Å²) >= 11 is 3.47. The van der Waals surface area contributed by atoms with Crippen LogP contribution in [-0.2, 0) is 9.47 Å². The van der Waals surface area contributed by atoms with Crippen LogP contribution in [0.4, 0.5) is 5.95 Å². The van der Waals surface area contributed by atoms with E-state index in [2.05, 4.69) is 31.0 Å². The summed E-state index contributed by atoms with van der Waals surface area (Å²) in [6.45, 7) is 1.40. The fourth-order valence-corrected chi connectivity index (χ4v) is 3.68. The van der Waals surface area contributed by atoms with Crippen LogP contribution in [0, 0.1) is 0 Å². The largest absolute Gasteiger partial charge is 0.368 e. The van der Waals surface area contributed by atoms with Crippen molar-refractivity contribution in [2.45, 2.75) is 37.5 Å². The van der Waals surface area contributed by atoms with E-state index in [0.29, 0.717) is 13.2 Å². The molecule has 0 unspecified atom stereocenters. The number of anilines is 1. The molecule has 4 rings (SSSR count). The van der Waals surface area contributed by atoms with Crippen molar-refractivity contribution >= 4 is 32.9 Å². The maximum atomic E-state index is 5.77. The lowest BCUT2D eigenvalue weighted by Gasteiger charge is -2.35. The van der Waals surface area contributed by atoms with Crippen LogP contribution in [0.1, 0.15) is 31.7 Å². The van der Waals surface area contributed by atoms with Crippen LogP contribution in [0.15, 0.2) is 10.8 Å². The van der Waals surface area contributed by atoms with Crippen molar-refractivity contribution in [2.24, 2.45) is 0 Å². The van der Waals surface area contributed by atoms with Crippen molar-refractivity contribution in [1.82, 2.24) is 19.7 Å². The van der Waals surface area contributed by atoms with Gasteiger partial charge in [0, 0.05) is 19.0 Å². The van der Waals surface area contributed by atoms with E-state index >= 15 is 0 Å². The Bertz CT molecular complexity index is 672. The second kappa shape index (κ2) is 4.89. The summed E-state index contributed by atoms with van der Waals surface area (Å²) in [5, 5.41) is 5.45. The first-order valence-corrected chi connectivity index (χ1v) is 7.90. The molecule has 2 aliphatic rings. The Morgan fingerprint density at radius 3 is 2.71 bits per heavy atom. The van der Waals surface area contributed by atoms with Gasteiger partial charge in [0.05, 0.1) is 24.6 Å². The zero-order chi connectivity index (χ0) is 14.4. The predicted molar refractivity (Wildman–Crippen MR) is 79.6 cm³/mol. The third-order valence-corrected chi connectivity index (χ3v) is 4.88. The number of hydrogen-bond donors (Lipinski definition) is 1. The molecule has 1 aliphatic carbocycles. The fourth-order valence-electron chi connectivity index (χ4n) is 3.23. The second-order valence-corrected chi connectivity index (χ2v) is 6.29. The van der Waals surface area contributed by atoms with Crippen LogP contribution in [0.2, 0.25) is 0 Å². The first-order valence-electron chi connectivity index (χ1n) is 7.11. The third kappa shape index (κ3) is 2.21. The predicted octanol–water partition coefficient (Wildman–Crippen LogP) is 2.03. The highest BCUT2D eigenvalue weighted by atomic mass is 79.9. The molecular weight excluding hydrogens is 338 g/mol. The minimum atomic E-state index is -0.356. The minimum absolute atomic E-state index is 0.269. The zero-order valence-electron chi connectivity index (χ0n) is 11.5. The SMILES string of the molecule is Nc1ncc2c(Br)nn(C3CCC4(CC3)OCCO4)c2n1. The number of hydrogen-bond acceptors (Lipinski definition) is 6. The van der Waals surface area contributed by atoms with Crippen LogP contribution in [0.5, 0.6) is 0 Å². The average Bonchev–Trinajstić information content (AvgIpc) is 3.06. The van der Waals surface area contributed by atoms with E-state index in [9.17, 15) is 0 Å². The Morgan fingerprint density at radius 2 is 2.00 bits per heavy atom. The Morgan fingerprint density at radius 1 is 1.29 bits per heavy atom. The van der Waals surface area contributed by atoms with Crippen molar-refractivity contribution in [3.8, 4) is 0 Å². The highest BCUT2D eigenvalue weighted by molar-refractivity contribution is 9.10. The van der Waals surface area contributed by atoms with E-state index in [1.54, 1.807) is 6.20 Å². The number of halogens is 1. The number of ether oxygens (including phenoxy) is 2. The quantitative estimate of drug-likeness (QED) is 0.843. The average molecular weight is 354 g/mol. The number of nitrogens with two attached hydrogens (primary N) is 1. The van der Waals surface area contributed by atoms with E-state index in [1.807, 2.05) is 4.68 Å². The van der Waals surface area contributed by atoms with Crippen LogP contribution < -0.4 is 5.73 Å². The number of aromatic nitrogens is 4. The lowest BCUT2D eigenvalue weighted by atomic mass is 9.90. The van der Waals surface area contributed by atoms with Crippen LogP contribution in [0.25, 0.3) is 11.0 Å². The summed E-state index contributed by atoms with van der Waals surface area (Å²) < 4.78 is 14.3. The Labute approximate surface area is 130 Å². The molecule has 2 N–H and O–H groups in total. The maximum Gasteiger partial charge on any atom is 0.222 e. The van der Waals surface area contributed by atoms with E-state index in [4.69, 9.17) is 15.2 Å². The van der Waals surface area contributed by atoms with Gasteiger partial charge >= 0.3 is 0 Å². The van der Waals surface area contributed by atoms with Crippen LogP contribution >= 0.6 is 15.9 Å². The molecule has 0 atom stereocenters. The summed E-state index contributed by atoms with van der Waals surface area (Å²) in [6, 6.07) is 0.284. The van der Waals surface area contributed by atoms with Crippen molar-refractivity contribution in [3.05, 3.63) is 10.8 Å². The minimum Gasteiger partial charge on any atom is -0.368 e. The normalized spacial score (nSPS) is 22.3. The Balaban J connectivity index is 1.64. The number of fused-ring (bicyclic) bond motifs is 1. The molecule has 0 radical (unpaired) electrons. The maximum absolute atomic E-state index is 5.77. The molecule has 0 bridgehead atoms. The fraction of sp³-hybridized carbons (Fsp3) is 0.615. The second-order valence-electron chi connectivity index (χ2n) is 5.54. The van der Waals surface area contributed by atoms with Crippen molar-refractivity contribution in [1.29, 1.82) is 0 Å². The van der Waals surface area contributed by atoms with E-state index in [-0.39, 0.29) is 17.8 Å². The molecule has 112 valence electrons. The van der Waals surface area contributed by atoms with Gasteiger partial charge in [0.1, 0.15) is 4.60 Å². The molecule has 3 heterocycles. The summed E-state index contributed by atoms with van der Waals surface area (Å²) in [4.78, 5) is 8.36. The van der Waals surface area contributed by atoms with Crippen molar-refractivity contribution < 1.29 is 9.47 Å². The summed E-state index contributed by atoms with van der Waals surface area (Å²) in [5.74, 6) is -0.0871. The molecule has 21 heavy (non-hydrogen) atoms. The number of nitrogen functional groups attached to an aromatic ring is 1. The van der Waals surface area contributed by atoms with E-state index < -0.39 is 0 Å². The highest BCUT2D eigenvalue weighted by Crippen LogP contribution is 2.41. The summed E-state index contributed by atoms with van der Waals surface area (Å²) in [5.41, 5.74) is 6.49. The molecule has 0 amide bonds. The van der Waals surface area contributed by atoms with Gasteiger partial charge in [0.2, 0.25) is 5.95 Å². The first kappa shape index (κ1) is 13.4. The summed E-state index contributed by atoms with van der Waals surface area (Å²) in [7, 11) is 0. The molecular formula is C13H16BrN5O2. The Hall–Kier alpha value is -1.25. The van der Waals surface area contributed by atoms with Gasteiger partial charge < -0.3 is 15.2 Å². The smallest absolute Gasteiger partial charge is 0.222 e.